The first-order valence-electron chi connectivity index (χ1n) is 16.2. The third-order valence-electron chi connectivity index (χ3n) is 9.46. The van der Waals surface area contributed by atoms with Crippen molar-refractivity contribution < 1.29 is 19.4 Å². The van der Waals surface area contributed by atoms with Crippen molar-refractivity contribution in [2.75, 3.05) is 7.11 Å². The van der Waals surface area contributed by atoms with Crippen LogP contribution in [0.2, 0.25) is 0 Å². The maximum atomic E-state index is 14.5. The average molecular weight is 632 g/mol. The highest BCUT2D eigenvalue weighted by Crippen LogP contribution is 2.52. The van der Waals surface area contributed by atoms with Crippen LogP contribution in [0.1, 0.15) is 56.6 Å². The highest BCUT2D eigenvalue weighted by Gasteiger charge is 2.47. The van der Waals surface area contributed by atoms with Crippen molar-refractivity contribution in [1.29, 1.82) is 0 Å². The Labute approximate surface area is 281 Å². The fourth-order valence-electron chi connectivity index (χ4n) is 6.95. The van der Waals surface area contributed by atoms with Gasteiger partial charge in [0.1, 0.15) is 23.7 Å². The van der Waals surface area contributed by atoms with E-state index in [4.69, 9.17) is 9.47 Å². The van der Waals surface area contributed by atoms with Gasteiger partial charge in [-0.25, -0.2) is 0 Å². The highest BCUT2D eigenvalue weighted by atomic mass is 16.5. The average Bonchev–Trinajstić information content (AvgIpc) is 3.62. The molecule has 0 fully saturated rings. The molecule has 5 heteroatoms. The van der Waals surface area contributed by atoms with E-state index in [1.54, 1.807) is 17.9 Å². The molecule has 48 heavy (non-hydrogen) atoms. The number of methoxy groups -OCH3 is 1. The van der Waals surface area contributed by atoms with Crippen LogP contribution in [0, 0.1) is 0 Å². The second-order valence-electron chi connectivity index (χ2n) is 12.2. The lowest BCUT2D eigenvalue weighted by Gasteiger charge is -2.41. The number of hydrogen-bond acceptors (Lipinski definition) is 4. The summed E-state index contributed by atoms with van der Waals surface area (Å²) >= 11 is 0. The molecule has 6 aromatic rings. The fourth-order valence-corrected chi connectivity index (χ4v) is 6.95. The van der Waals surface area contributed by atoms with Gasteiger partial charge in [0, 0.05) is 29.1 Å². The molecule has 1 N–H and O–H groups in total. The predicted molar refractivity (Wildman–Crippen MR) is 189 cm³/mol. The molecule has 0 aliphatic heterocycles. The summed E-state index contributed by atoms with van der Waals surface area (Å²) in [6.07, 6.45) is 7.60. The van der Waals surface area contributed by atoms with E-state index >= 15 is 0 Å². The minimum Gasteiger partial charge on any atom is -0.496 e. The first-order valence-corrected chi connectivity index (χ1v) is 16.2. The molecule has 1 aromatic heterocycles. The van der Waals surface area contributed by atoms with Crippen LogP contribution >= 0.6 is 0 Å². The summed E-state index contributed by atoms with van der Waals surface area (Å²) < 4.78 is 13.6. The van der Waals surface area contributed by atoms with Gasteiger partial charge in [-0.15, -0.1) is 0 Å². The van der Waals surface area contributed by atoms with Crippen molar-refractivity contribution in [2.45, 2.75) is 30.5 Å². The summed E-state index contributed by atoms with van der Waals surface area (Å²) in [5.41, 5.74) is 3.55. The molecule has 0 radical (unpaired) electrons. The lowest BCUT2D eigenvalue weighted by molar-refractivity contribution is 0.0881. The van der Waals surface area contributed by atoms with Gasteiger partial charge >= 0.3 is 0 Å². The van der Waals surface area contributed by atoms with Gasteiger partial charge in [-0.2, -0.15) is 0 Å². The van der Waals surface area contributed by atoms with Crippen molar-refractivity contribution in [3.05, 3.63) is 203 Å². The van der Waals surface area contributed by atoms with E-state index in [0.29, 0.717) is 29.2 Å². The molecule has 7 rings (SSSR count). The quantitative estimate of drug-likeness (QED) is 0.162. The number of carbonyl (C=O) groups is 1. The summed E-state index contributed by atoms with van der Waals surface area (Å²) in [5.74, 6) is 0.534. The number of nitrogens with zero attached hydrogens (tertiary/aromatic N) is 1. The van der Waals surface area contributed by atoms with Crippen molar-refractivity contribution in [2.24, 2.45) is 0 Å². The SMILES string of the molecule is COc1ccccc1[C@]1(O)C=CC(c2ccccc2)(c2ccccc2)c2cn(C(=O)C(C)c3ccccc3OCc3ccccc3)cc21. The van der Waals surface area contributed by atoms with Crippen molar-refractivity contribution in [3.63, 3.8) is 0 Å². The number of aliphatic hydroxyl groups is 1. The van der Waals surface area contributed by atoms with Crippen LogP contribution in [0.5, 0.6) is 11.5 Å². The minimum atomic E-state index is -1.57. The molecule has 238 valence electrons. The fraction of sp³-hybridized carbons (Fsp3) is 0.140. The zero-order chi connectivity index (χ0) is 33.1. The second kappa shape index (κ2) is 12.9. The van der Waals surface area contributed by atoms with Gasteiger partial charge in [-0.05, 0) is 47.4 Å². The predicted octanol–water partition coefficient (Wildman–Crippen LogP) is 8.66. The van der Waals surface area contributed by atoms with Crippen LogP contribution in [0.25, 0.3) is 0 Å². The van der Waals surface area contributed by atoms with Crippen LogP contribution in [0.3, 0.4) is 0 Å². The van der Waals surface area contributed by atoms with E-state index in [-0.39, 0.29) is 5.91 Å². The van der Waals surface area contributed by atoms with E-state index in [1.807, 2.05) is 134 Å². The van der Waals surface area contributed by atoms with Crippen molar-refractivity contribution in [3.8, 4) is 11.5 Å². The van der Waals surface area contributed by atoms with Crippen LogP contribution in [0.4, 0.5) is 0 Å². The van der Waals surface area contributed by atoms with Crippen molar-refractivity contribution >= 4 is 5.91 Å². The van der Waals surface area contributed by atoms with E-state index in [9.17, 15) is 9.90 Å². The van der Waals surface area contributed by atoms with Gasteiger partial charge in [-0.1, -0.05) is 133 Å². The van der Waals surface area contributed by atoms with Gasteiger partial charge in [-0.3, -0.25) is 9.36 Å². The summed E-state index contributed by atoms with van der Waals surface area (Å²) in [6.45, 7) is 2.29. The molecule has 0 spiro atoms. The summed E-state index contributed by atoms with van der Waals surface area (Å²) in [5, 5.41) is 12.7. The Morgan fingerprint density at radius 3 is 1.85 bits per heavy atom. The zero-order valence-electron chi connectivity index (χ0n) is 27.0. The maximum Gasteiger partial charge on any atom is 0.237 e. The third kappa shape index (κ3) is 5.32. The van der Waals surface area contributed by atoms with Crippen molar-refractivity contribution in [1.82, 2.24) is 4.57 Å². The molecule has 0 saturated heterocycles. The molecular weight excluding hydrogens is 594 g/mol. The van der Waals surface area contributed by atoms with Crippen LogP contribution in [-0.4, -0.2) is 22.7 Å². The van der Waals surface area contributed by atoms with Gasteiger partial charge in [0.15, 0.2) is 0 Å². The first kappa shape index (κ1) is 31.0. The topological polar surface area (TPSA) is 60.7 Å². The summed E-state index contributed by atoms with van der Waals surface area (Å²) in [6, 6.07) is 45.6. The van der Waals surface area contributed by atoms with Crippen LogP contribution in [-0.2, 0) is 17.6 Å². The smallest absolute Gasteiger partial charge is 0.237 e. The molecule has 1 unspecified atom stereocenters. The Balaban J connectivity index is 1.38. The van der Waals surface area contributed by atoms with Crippen LogP contribution in [0.15, 0.2) is 164 Å². The van der Waals surface area contributed by atoms with Gasteiger partial charge < -0.3 is 14.6 Å². The molecule has 2 atom stereocenters. The molecular formula is C43H37NO4. The molecule has 1 aliphatic carbocycles. The Bertz CT molecular complexity index is 2030. The van der Waals surface area contributed by atoms with Gasteiger partial charge in [0.25, 0.3) is 0 Å². The number of benzene rings is 5. The Morgan fingerprint density at radius 1 is 0.667 bits per heavy atom. The lowest BCUT2D eigenvalue weighted by Crippen LogP contribution is -2.37. The second-order valence-corrected chi connectivity index (χ2v) is 12.2. The number of carbonyl (C=O) groups excluding carboxylic acids is 1. The molecule has 1 heterocycles. The Morgan fingerprint density at radius 2 is 1.21 bits per heavy atom. The summed E-state index contributed by atoms with van der Waals surface area (Å²) in [7, 11) is 1.60. The Kier molecular flexibility index (Phi) is 8.30. The van der Waals surface area contributed by atoms with E-state index in [1.165, 1.54) is 0 Å². The minimum absolute atomic E-state index is 0.141. The number of allylic oxidation sites excluding steroid dienone is 1. The van der Waals surface area contributed by atoms with E-state index < -0.39 is 16.9 Å². The number of aromatic nitrogens is 1. The largest absolute Gasteiger partial charge is 0.496 e. The van der Waals surface area contributed by atoms with Gasteiger partial charge in [0.05, 0.1) is 18.4 Å². The molecule has 5 aromatic carbocycles. The number of fused-ring (bicyclic) bond motifs is 1. The third-order valence-corrected chi connectivity index (χ3v) is 9.46. The molecule has 5 nitrogen and oxygen atoms in total. The van der Waals surface area contributed by atoms with Gasteiger partial charge in [0.2, 0.25) is 5.91 Å². The molecule has 0 amide bonds. The van der Waals surface area contributed by atoms with E-state index in [2.05, 4.69) is 30.3 Å². The standard InChI is InChI=1S/C43H37NO4/c1-31(35-22-12-14-24-39(35)48-30-32-16-6-3-7-17-32)41(45)44-28-37-38(29-44)43(46,36-23-13-15-25-40(36)47-2)27-26-42(37,33-18-8-4-9-19-33)34-20-10-5-11-21-34/h3-29,31,46H,30H2,1-2H3/t31?,43-/m1/s1. The maximum absolute atomic E-state index is 14.5. The number of para-hydroxylation sites is 2. The number of ether oxygens (including phenoxy) is 2. The number of hydrogen-bond donors (Lipinski definition) is 1. The Hall–Kier alpha value is -5.65. The molecule has 1 aliphatic rings. The summed E-state index contributed by atoms with van der Waals surface area (Å²) in [4.78, 5) is 14.5. The number of rotatable bonds is 9. The van der Waals surface area contributed by atoms with E-state index in [0.717, 1.165) is 27.8 Å². The highest BCUT2D eigenvalue weighted by molar-refractivity contribution is 5.87. The molecule has 0 saturated carbocycles. The monoisotopic (exact) mass is 631 g/mol. The normalized spacial score (nSPS) is 16.9. The molecule has 0 bridgehead atoms. The first-order chi connectivity index (χ1) is 23.5. The zero-order valence-corrected chi connectivity index (χ0v) is 27.0. The lowest BCUT2D eigenvalue weighted by atomic mass is 9.63. The van der Waals surface area contributed by atoms with Crippen LogP contribution < -0.4 is 9.47 Å².